The standard InChI is InChI=1S/C14H24O3Si/c1-2-3-4-5-6-7-8-9-10-11-12-13-14-18(15,16)17/h15-17H,2-9,14H2,1H3. The number of hydrogen-bond donors (Lipinski definition) is 3. The minimum Gasteiger partial charge on any atom is -0.389 e. The van der Waals surface area contributed by atoms with Crippen molar-refractivity contribution in [3.63, 3.8) is 0 Å². The van der Waals surface area contributed by atoms with Crippen LogP contribution >= 0.6 is 0 Å². The van der Waals surface area contributed by atoms with Crippen molar-refractivity contribution in [3.05, 3.63) is 0 Å². The van der Waals surface area contributed by atoms with Crippen LogP contribution < -0.4 is 0 Å². The molecule has 0 aliphatic rings. The molecule has 3 N–H and O–H groups in total. The van der Waals surface area contributed by atoms with Gasteiger partial charge in [0.2, 0.25) is 0 Å². The molecule has 0 aliphatic heterocycles. The van der Waals surface area contributed by atoms with E-state index in [4.69, 9.17) is 14.4 Å². The molecular weight excluding hydrogens is 244 g/mol. The Bertz CT molecular complexity index is 312. The molecule has 0 heterocycles. The normalized spacial score (nSPS) is 10.2. The zero-order chi connectivity index (χ0) is 13.7. The Labute approximate surface area is 112 Å². The SMILES string of the molecule is CCCCCCCCCC#CC#CC[Si](O)(O)O. The van der Waals surface area contributed by atoms with Crippen LogP contribution in [0, 0.1) is 23.7 Å². The van der Waals surface area contributed by atoms with Gasteiger partial charge < -0.3 is 14.4 Å². The predicted octanol–water partition coefficient (Wildman–Crippen LogP) is 2.05. The molecule has 4 heteroatoms. The van der Waals surface area contributed by atoms with Crippen molar-refractivity contribution >= 4 is 8.80 Å². The van der Waals surface area contributed by atoms with E-state index in [0.29, 0.717) is 0 Å². The van der Waals surface area contributed by atoms with Crippen LogP contribution in [0.25, 0.3) is 0 Å². The summed E-state index contributed by atoms with van der Waals surface area (Å²) in [6.45, 7) is 2.22. The van der Waals surface area contributed by atoms with Gasteiger partial charge in [-0.25, -0.2) is 0 Å². The van der Waals surface area contributed by atoms with E-state index in [1.54, 1.807) is 0 Å². The first-order chi connectivity index (χ1) is 8.56. The molecule has 0 fully saturated rings. The van der Waals surface area contributed by atoms with E-state index in [1.165, 1.54) is 38.5 Å². The highest BCUT2D eigenvalue weighted by Gasteiger charge is 2.24. The van der Waals surface area contributed by atoms with Crippen molar-refractivity contribution in [2.24, 2.45) is 0 Å². The third-order valence-electron chi connectivity index (χ3n) is 2.47. The molecule has 0 saturated heterocycles. The van der Waals surface area contributed by atoms with E-state index >= 15 is 0 Å². The summed E-state index contributed by atoms with van der Waals surface area (Å²) in [5.74, 6) is 10.5. The molecule has 18 heavy (non-hydrogen) atoms. The molecule has 0 aromatic carbocycles. The van der Waals surface area contributed by atoms with E-state index in [9.17, 15) is 0 Å². The second kappa shape index (κ2) is 11.3. The molecule has 0 amide bonds. The van der Waals surface area contributed by atoms with E-state index in [2.05, 4.69) is 30.6 Å². The van der Waals surface area contributed by atoms with Gasteiger partial charge in [0.25, 0.3) is 0 Å². The Hall–Kier alpha value is -0.783. The topological polar surface area (TPSA) is 60.7 Å². The van der Waals surface area contributed by atoms with Gasteiger partial charge in [0.15, 0.2) is 0 Å². The maximum absolute atomic E-state index is 8.68. The first kappa shape index (κ1) is 17.2. The van der Waals surface area contributed by atoms with E-state index < -0.39 is 8.80 Å². The highest BCUT2D eigenvalue weighted by atomic mass is 28.4. The summed E-state index contributed by atoms with van der Waals surface area (Å²) >= 11 is 0. The summed E-state index contributed by atoms with van der Waals surface area (Å²) in [7, 11) is -4.00. The van der Waals surface area contributed by atoms with Crippen LogP contribution in [0.3, 0.4) is 0 Å². The molecule has 0 aromatic heterocycles. The molecule has 0 aromatic rings. The Morgan fingerprint density at radius 3 is 1.94 bits per heavy atom. The molecular formula is C14H24O3Si. The van der Waals surface area contributed by atoms with Crippen LogP contribution in [0.15, 0.2) is 0 Å². The molecule has 3 nitrogen and oxygen atoms in total. The first-order valence-electron chi connectivity index (χ1n) is 6.69. The van der Waals surface area contributed by atoms with E-state index in [-0.39, 0.29) is 6.04 Å². The zero-order valence-electron chi connectivity index (χ0n) is 11.2. The van der Waals surface area contributed by atoms with Crippen molar-refractivity contribution in [1.29, 1.82) is 0 Å². The number of unbranched alkanes of at least 4 members (excludes halogenated alkanes) is 7. The van der Waals surface area contributed by atoms with Crippen LogP contribution in [0.5, 0.6) is 0 Å². The van der Waals surface area contributed by atoms with E-state index in [1.807, 2.05) is 0 Å². The highest BCUT2D eigenvalue weighted by Crippen LogP contribution is 2.07. The van der Waals surface area contributed by atoms with Crippen LogP contribution in [-0.4, -0.2) is 23.2 Å². The fraction of sp³-hybridized carbons (Fsp3) is 0.714. The van der Waals surface area contributed by atoms with Gasteiger partial charge in [0.1, 0.15) is 0 Å². The fourth-order valence-corrected chi connectivity index (χ4v) is 1.81. The maximum Gasteiger partial charge on any atom is 0.505 e. The molecule has 0 spiro atoms. The van der Waals surface area contributed by atoms with E-state index in [0.717, 1.165) is 12.8 Å². The molecule has 0 unspecified atom stereocenters. The monoisotopic (exact) mass is 268 g/mol. The quantitative estimate of drug-likeness (QED) is 0.359. The molecule has 0 atom stereocenters. The summed E-state index contributed by atoms with van der Waals surface area (Å²) in [4.78, 5) is 26.0. The molecule has 0 radical (unpaired) electrons. The summed E-state index contributed by atoms with van der Waals surface area (Å²) in [5, 5.41) is 0. The zero-order valence-corrected chi connectivity index (χ0v) is 12.2. The highest BCUT2D eigenvalue weighted by molar-refractivity contribution is 6.57. The lowest BCUT2D eigenvalue weighted by Gasteiger charge is -2.01. The number of hydrogen-bond acceptors (Lipinski definition) is 3. The van der Waals surface area contributed by atoms with Crippen LogP contribution in [-0.2, 0) is 0 Å². The molecule has 0 rings (SSSR count). The Morgan fingerprint density at radius 1 is 0.778 bits per heavy atom. The summed E-state index contributed by atoms with van der Waals surface area (Å²) in [6.07, 6.45) is 9.69. The fourth-order valence-electron chi connectivity index (χ4n) is 1.48. The Balaban J connectivity index is 3.39. The second-order valence-corrected chi connectivity index (χ2v) is 6.33. The third-order valence-corrected chi connectivity index (χ3v) is 3.12. The van der Waals surface area contributed by atoms with Crippen LogP contribution in [0.1, 0.15) is 58.3 Å². The Kier molecular flexibility index (Phi) is 10.8. The molecule has 0 saturated carbocycles. The number of rotatable bonds is 8. The molecule has 102 valence electrons. The predicted molar refractivity (Wildman–Crippen MR) is 75.4 cm³/mol. The smallest absolute Gasteiger partial charge is 0.389 e. The van der Waals surface area contributed by atoms with Crippen molar-refractivity contribution in [1.82, 2.24) is 0 Å². The average Bonchev–Trinajstić information content (AvgIpc) is 2.29. The minimum absolute atomic E-state index is 0.265. The first-order valence-corrected chi connectivity index (χ1v) is 8.74. The van der Waals surface area contributed by atoms with Gasteiger partial charge >= 0.3 is 8.80 Å². The largest absolute Gasteiger partial charge is 0.505 e. The van der Waals surface area contributed by atoms with Crippen LogP contribution in [0.2, 0.25) is 6.04 Å². The summed E-state index contributed by atoms with van der Waals surface area (Å²) in [5.41, 5.74) is 0. The average molecular weight is 268 g/mol. The van der Waals surface area contributed by atoms with Gasteiger partial charge in [0.05, 0.1) is 6.04 Å². The van der Waals surface area contributed by atoms with Crippen molar-refractivity contribution in [2.45, 2.75) is 64.3 Å². The molecule has 0 aliphatic carbocycles. The van der Waals surface area contributed by atoms with Gasteiger partial charge in [-0.15, -0.1) is 0 Å². The van der Waals surface area contributed by atoms with Gasteiger partial charge in [-0.05, 0) is 18.3 Å². The van der Waals surface area contributed by atoms with Gasteiger partial charge in [-0.1, -0.05) is 57.3 Å². The summed E-state index contributed by atoms with van der Waals surface area (Å²) in [6, 6.07) is -0.265. The van der Waals surface area contributed by atoms with Gasteiger partial charge in [0, 0.05) is 6.42 Å². The van der Waals surface area contributed by atoms with Gasteiger partial charge in [-0.2, -0.15) is 0 Å². The van der Waals surface area contributed by atoms with Crippen molar-refractivity contribution < 1.29 is 14.4 Å². The minimum atomic E-state index is -4.00. The van der Waals surface area contributed by atoms with Crippen LogP contribution in [0.4, 0.5) is 0 Å². The maximum atomic E-state index is 8.68. The van der Waals surface area contributed by atoms with Gasteiger partial charge in [-0.3, -0.25) is 0 Å². The second-order valence-electron chi connectivity index (χ2n) is 4.43. The lowest BCUT2D eigenvalue weighted by atomic mass is 10.1. The lowest BCUT2D eigenvalue weighted by Crippen LogP contribution is -2.33. The van der Waals surface area contributed by atoms with Crippen molar-refractivity contribution in [2.75, 3.05) is 0 Å². The lowest BCUT2D eigenvalue weighted by molar-refractivity contribution is 0.234. The third kappa shape index (κ3) is 15.2. The Morgan fingerprint density at radius 2 is 1.33 bits per heavy atom. The molecule has 0 bridgehead atoms. The van der Waals surface area contributed by atoms with Crippen molar-refractivity contribution in [3.8, 4) is 23.7 Å². The summed E-state index contributed by atoms with van der Waals surface area (Å²) < 4.78 is 0.